The second-order valence-corrected chi connectivity index (χ2v) is 10.4. The van der Waals surface area contributed by atoms with Gasteiger partial charge in [-0.3, -0.25) is 18.4 Å². The fraction of sp³-hybridized carbons (Fsp3) is 0.632. The zero-order chi connectivity index (χ0) is 22.0. The maximum Gasteiger partial charge on any atom is 0.405 e. The van der Waals surface area contributed by atoms with Crippen LogP contribution in [0.5, 0.6) is 0 Å². The van der Waals surface area contributed by atoms with Crippen molar-refractivity contribution >= 4 is 13.6 Å². The molecule has 9 heteroatoms. The third-order valence-corrected chi connectivity index (χ3v) is 5.92. The van der Waals surface area contributed by atoms with E-state index in [1.165, 1.54) is 60.8 Å². The van der Waals surface area contributed by atoms with Gasteiger partial charge in [-0.05, 0) is 53.5 Å². The van der Waals surface area contributed by atoms with Gasteiger partial charge in [-0.15, -0.1) is 0 Å². The third kappa shape index (κ3) is 6.62. The van der Waals surface area contributed by atoms with Crippen molar-refractivity contribution < 1.29 is 31.9 Å². The first-order valence-electron chi connectivity index (χ1n) is 8.83. The average molecular weight is 421 g/mol. The third-order valence-electron chi connectivity index (χ3n) is 3.39. The maximum atomic E-state index is 15.2. The highest BCUT2D eigenvalue weighted by molar-refractivity contribution is 7.54. The van der Waals surface area contributed by atoms with Gasteiger partial charge in [0, 0.05) is 5.56 Å². The van der Waals surface area contributed by atoms with E-state index in [-0.39, 0.29) is 6.42 Å². The van der Waals surface area contributed by atoms with Gasteiger partial charge in [-0.25, -0.2) is 0 Å². The molecule has 1 rings (SSSR count). The lowest BCUT2D eigenvalue weighted by atomic mass is 10.0. The number of alkyl halides is 2. The lowest BCUT2D eigenvalue weighted by Gasteiger charge is -2.36. The van der Waals surface area contributed by atoms with Gasteiger partial charge in [0.15, 0.2) is 0 Å². The molecule has 0 aliphatic rings. The van der Waals surface area contributed by atoms with Gasteiger partial charge in [-0.1, -0.05) is 24.3 Å². The second-order valence-electron chi connectivity index (χ2n) is 8.48. The molecule has 28 heavy (non-hydrogen) atoms. The van der Waals surface area contributed by atoms with E-state index in [2.05, 4.69) is 4.74 Å². The van der Waals surface area contributed by atoms with E-state index in [4.69, 9.17) is 14.8 Å². The first-order chi connectivity index (χ1) is 12.5. The molecule has 160 valence electrons. The first-order valence-corrected chi connectivity index (χ1v) is 10.4. The van der Waals surface area contributed by atoms with Crippen molar-refractivity contribution in [2.45, 2.75) is 70.9 Å². The van der Waals surface area contributed by atoms with Crippen molar-refractivity contribution in [3.05, 3.63) is 35.4 Å². The van der Waals surface area contributed by atoms with E-state index in [0.717, 1.165) is 12.1 Å². The molecular formula is C19H30F2NO5P. The lowest BCUT2D eigenvalue weighted by molar-refractivity contribution is -0.142. The van der Waals surface area contributed by atoms with E-state index in [0.29, 0.717) is 5.56 Å². The highest BCUT2D eigenvalue weighted by Gasteiger charge is 2.58. The number of carbonyl (C=O) groups excluding carboxylic acids is 1. The van der Waals surface area contributed by atoms with E-state index >= 15 is 8.78 Å². The Balaban J connectivity index is 3.22. The largest absolute Gasteiger partial charge is 0.468 e. The molecule has 0 unspecified atom stereocenters. The summed E-state index contributed by atoms with van der Waals surface area (Å²) in [5.74, 6) is -0.601. The monoisotopic (exact) mass is 421 g/mol. The molecule has 0 aliphatic carbocycles. The summed E-state index contributed by atoms with van der Waals surface area (Å²) in [6.45, 7) is 9.16. The Morgan fingerprint density at radius 1 is 1.04 bits per heavy atom. The van der Waals surface area contributed by atoms with Crippen LogP contribution in [0.2, 0.25) is 0 Å². The number of hydrogen-bond acceptors (Lipinski definition) is 6. The highest BCUT2D eigenvalue weighted by atomic mass is 31.2. The van der Waals surface area contributed by atoms with Crippen LogP contribution in [0.1, 0.15) is 52.7 Å². The number of esters is 1. The number of halogens is 2. The Morgan fingerprint density at radius 3 is 1.82 bits per heavy atom. The van der Waals surface area contributed by atoms with Crippen molar-refractivity contribution in [2.75, 3.05) is 7.11 Å². The van der Waals surface area contributed by atoms with Crippen molar-refractivity contribution in [1.82, 2.24) is 0 Å². The molecule has 0 saturated heterocycles. The zero-order valence-electron chi connectivity index (χ0n) is 17.4. The van der Waals surface area contributed by atoms with Gasteiger partial charge < -0.3 is 10.5 Å². The summed E-state index contributed by atoms with van der Waals surface area (Å²) in [6.07, 6.45) is 0.118. The first kappa shape index (κ1) is 24.7. The Morgan fingerprint density at radius 2 is 1.46 bits per heavy atom. The fourth-order valence-corrected chi connectivity index (χ4v) is 4.52. The summed E-state index contributed by atoms with van der Waals surface area (Å²) < 4.78 is 58.7. The summed E-state index contributed by atoms with van der Waals surface area (Å²) in [4.78, 5) is 11.4. The topological polar surface area (TPSA) is 87.9 Å². The molecule has 6 nitrogen and oxygen atoms in total. The minimum Gasteiger partial charge on any atom is -0.468 e. The van der Waals surface area contributed by atoms with Crippen molar-refractivity contribution in [2.24, 2.45) is 5.73 Å². The van der Waals surface area contributed by atoms with Gasteiger partial charge >= 0.3 is 19.2 Å². The minimum absolute atomic E-state index is 0.118. The summed E-state index contributed by atoms with van der Waals surface area (Å²) >= 11 is 0. The van der Waals surface area contributed by atoms with E-state index < -0.39 is 42.0 Å². The van der Waals surface area contributed by atoms with Gasteiger partial charge in [0.2, 0.25) is 0 Å². The predicted octanol–water partition coefficient (Wildman–Crippen LogP) is 4.60. The van der Waals surface area contributed by atoms with Crippen LogP contribution in [-0.2, 0) is 35.2 Å². The molecule has 2 N–H and O–H groups in total. The van der Waals surface area contributed by atoms with Crippen molar-refractivity contribution in [1.29, 1.82) is 0 Å². The van der Waals surface area contributed by atoms with Crippen molar-refractivity contribution in [3.63, 3.8) is 0 Å². The summed E-state index contributed by atoms with van der Waals surface area (Å²) in [5, 5.41) is 0. The van der Waals surface area contributed by atoms with Gasteiger partial charge in [-0.2, -0.15) is 8.78 Å². The summed E-state index contributed by atoms with van der Waals surface area (Å²) in [6, 6.07) is 4.14. The number of rotatable bonds is 7. The van der Waals surface area contributed by atoms with Crippen LogP contribution in [0.4, 0.5) is 8.78 Å². The summed E-state index contributed by atoms with van der Waals surface area (Å²) in [5.41, 5.74) is -0.379. The highest BCUT2D eigenvalue weighted by Crippen LogP contribution is 2.69. The standard InChI is InChI=1S/C19H30F2NO5P/c1-17(2,3)26-28(24,27-18(4,5)6)19(20,21)14-10-8-13(9-11-14)12-15(22)16(23)25-7/h8-11,15H,12,22H2,1-7H3/t15-/m0/s1. The maximum absolute atomic E-state index is 15.2. The average Bonchev–Trinajstić information content (AvgIpc) is 2.50. The van der Waals surface area contributed by atoms with Crippen LogP contribution < -0.4 is 5.73 Å². The van der Waals surface area contributed by atoms with Gasteiger partial charge in [0.05, 0.1) is 18.3 Å². The zero-order valence-corrected chi connectivity index (χ0v) is 18.3. The van der Waals surface area contributed by atoms with Gasteiger partial charge in [0.1, 0.15) is 6.04 Å². The number of nitrogens with two attached hydrogens (primary N) is 1. The van der Waals surface area contributed by atoms with Gasteiger partial charge in [0.25, 0.3) is 0 Å². The molecule has 1 atom stereocenters. The normalized spacial score (nSPS) is 14.6. The molecule has 0 aliphatic heterocycles. The van der Waals surface area contributed by atoms with Crippen molar-refractivity contribution in [3.8, 4) is 0 Å². The molecule has 0 fully saturated rings. The van der Waals surface area contributed by atoms with Crippen LogP contribution in [0.3, 0.4) is 0 Å². The van der Waals surface area contributed by atoms with E-state index in [1.54, 1.807) is 0 Å². The molecule has 0 bridgehead atoms. The quantitative estimate of drug-likeness (QED) is 0.511. The molecule has 1 aromatic carbocycles. The molecule has 0 amide bonds. The Labute approximate surface area is 165 Å². The minimum atomic E-state index is -4.88. The molecular weight excluding hydrogens is 391 g/mol. The summed E-state index contributed by atoms with van der Waals surface area (Å²) in [7, 11) is -3.67. The number of methoxy groups -OCH3 is 1. The SMILES string of the molecule is COC(=O)[C@@H](N)Cc1ccc(C(F)(F)P(=O)(OC(C)(C)C)OC(C)(C)C)cc1. The number of ether oxygens (including phenoxy) is 1. The van der Waals surface area contributed by atoms with Crippen LogP contribution in [0.25, 0.3) is 0 Å². The smallest absolute Gasteiger partial charge is 0.405 e. The van der Waals surface area contributed by atoms with Crippen LogP contribution in [0, 0.1) is 0 Å². The second kappa shape index (κ2) is 8.57. The number of carbonyl (C=O) groups is 1. The van der Waals surface area contributed by atoms with Crippen LogP contribution in [0.15, 0.2) is 24.3 Å². The molecule has 0 radical (unpaired) electrons. The van der Waals surface area contributed by atoms with Crippen LogP contribution >= 0.6 is 7.60 Å². The predicted molar refractivity (Wildman–Crippen MR) is 103 cm³/mol. The van der Waals surface area contributed by atoms with E-state index in [1.807, 2.05) is 0 Å². The number of benzene rings is 1. The molecule has 0 aromatic heterocycles. The molecule has 0 saturated carbocycles. The molecule has 0 spiro atoms. The Kier molecular flexibility index (Phi) is 7.56. The molecule has 0 heterocycles. The molecule has 1 aromatic rings. The Bertz CT molecular complexity index is 703. The lowest BCUT2D eigenvalue weighted by Crippen LogP contribution is -2.33. The number of hydrogen-bond donors (Lipinski definition) is 1. The van der Waals surface area contributed by atoms with Crippen LogP contribution in [-0.4, -0.2) is 30.3 Å². The Hall–Kier alpha value is -1.34. The van der Waals surface area contributed by atoms with E-state index in [9.17, 15) is 9.36 Å². The fourth-order valence-electron chi connectivity index (χ4n) is 2.34.